The van der Waals surface area contributed by atoms with Gasteiger partial charge in [0.25, 0.3) is 0 Å². The standard InChI is InChI=1S/C16H31N3O2S.HI/c1-3-15-12-19(8-11-22-15)16(17-4-2)18-7-10-20-13-14-6-5-9-21-14;/h14-15H,3-13H2,1-2H3,(H,17,18);1H. The predicted octanol–water partition coefficient (Wildman–Crippen LogP) is 2.59. The molecule has 2 atom stereocenters. The summed E-state index contributed by atoms with van der Waals surface area (Å²) in [5.41, 5.74) is 0. The zero-order valence-electron chi connectivity index (χ0n) is 14.5. The molecule has 2 saturated heterocycles. The van der Waals surface area contributed by atoms with Crippen LogP contribution in [0.4, 0.5) is 0 Å². The molecule has 0 aromatic heterocycles. The van der Waals surface area contributed by atoms with E-state index in [1.54, 1.807) is 0 Å². The highest BCUT2D eigenvalue weighted by Gasteiger charge is 2.21. The molecule has 2 aliphatic heterocycles. The van der Waals surface area contributed by atoms with Crippen molar-refractivity contribution in [2.24, 2.45) is 4.99 Å². The highest BCUT2D eigenvalue weighted by atomic mass is 127. The van der Waals surface area contributed by atoms with Crippen molar-refractivity contribution in [1.82, 2.24) is 10.2 Å². The molecule has 7 heteroatoms. The van der Waals surface area contributed by atoms with E-state index in [4.69, 9.17) is 14.5 Å². The zero-order valence-corrected chi connectivity index (χ0v) is 17.6. The fourth-order valence-electron chi connectivity index (χ4n) is 2.79. The van der Waals surface area contributed by atoms with Crippen LogP contribution in [0.15, 0.2) is 4.99 Å². The fraction of sp³-hybridized carbons (Fsp3) is 0.938. The quantitative estimate of drug-likeness (QED) is 0.276. The number of halogens is 1. The van der Waals surface area contributed by atoms with Crippen molar-refractivity contribution in [3.63, 3.8) is 0 Å². The molecule has 2 rings (SSSR count). The smallest absolute Gasteiger partial charge is 0.194 e. The van der Waals surface area contributed by atoms with Crippen LogP contribution >= 0.6 is 35.7 Å². The van der Waals surface area contributed by atoms with Gasteiger partial charge >= 0.3 is 0 Å². The SMILES string of the molecule is CCNC(=NCCOCC1CCCO1)N1CCSC(CC)C1.I. The first-order valence-corrected chi connectivity index (χ1v) is 9.72. The Kier molecular flexibility index (Phi) is 11.7. The summed E-state index contributed by atoms with van der Waals surface area (Å²) < 4.78 is 11.2. The van der Waals surface area contributed by atoms with Gasteiger partial charge in [-0.1, -0.05) is 6.92 Å². The van der Waals surface area contributed by atoms with Crippen molar-refractivity contribution >= 4 is 41.7 Å². The molecule has 2 heterocycles. The monoisotopic (exact) mass is 457 g/mol. The van der Waals surface area contributed by atoms with E-state index in [2.05, 4.69) is 35.8 Å². The van der Waals surface area contributed by atoms with Crippen LogP contribution in [0.3, 0.4) is 0 Å². The molecule has 2 unspecified atom stereocenters. The maximum absolute atomic E-state index is 5.69. The van der Waals surface area contributed by atoms with Crippen LogP contribution in [0.1, 0.15) is 33.1 Å². The Hall–Kier alpha value is 0.270. The Morgan fingerprint density at radius 1 is 1.43 bits per heavy atom. The van der Waals surface area contributed by atoms with Gasteiger partial charge in [-0.2, -0.15) is 11.8 Å². The summed E-state index contributed by atoms with van der Waals surface area (Å²) in [7, 11) is 0. The molecule has 1 N–H and O–H groups in total. The molecular formula is C16H32IN3O2S. The Labute approximate surface area is 162 Å². The van der Waals surface area contributed by atoms with Crippen LogP contribution in [0, 0.1) is 0 Å². The summed E-state index contributed by atoms with van der Waals surface area (Å²) >= 11 is 2.09. The molecule has 0 radical (unpaired) electrons. The Bertz CT molecular complexity index is 341. The third kappa shape index (κ3) is 7.79. The molecule has 0 amide bonds. The third-order valence-corrected chi connectivity index (χ3v) is 5.43. The first-order chi connectivity index (χ1) is 10.8. The summed E-state index contributed by atoms with van der Waals surface area (Å²) in [6.45, 7) is 10.5. The zero-order chi connectivity index (χ0) is 15.6. The number of ether oxygens (including phenoxy) is 2. The molecule has 0 spiro atoms. The van der Waals surface area contributed by atoms with Crippen molar-refractivity contribution in [1.29, 1.82) is 0 Å². The topological polar surface area (TPSA) is 46.1 Å². The highest BCUT2D eigenvalue weighted by Crippen LogP contribution is 2.21. The van der Waals surface area contributed by atoms with E-state index in [-0.39, 0.29) is 24.0 Å². The third-order valence-electron chi connectivity index (χ3n) is 4.05. The van der Waals surface area contributed by atoms with Crippen LogP contribution in [-0.2, 0) is 9.47 Å². The van der Waals surface area contributed by atoms with Crippen molar-refractivity contribution in [3.05, 3.63) is 0 Å². The van der Waals surface area contributed by atoms with Crippen LogP contribution in [0.2, 0.25) is 0 Å². The van der Waals surface area contributed by atoms with Gasteiger partial charge in [0.1, 0.15) is 0 Å². The number of thioether (sulfide) groups is 1. The van der Waals surface area contributed by atoms with Gasteiger partial charge < -0.3 is 19.7 Å². The van der Waals surface area contributed by atoms with Crippen molar-refractivity contribution < 1.29 is 9.47 Å². The Morgan fingerprint density at radius 3 is 3.00 bits per heavy atom. The fourth-order valence-corrected chi connectivity index (χ4v) is 3.97. The van der Waals surface area contributed by atoms with Crippen LogP contribution in [-0.4, -0.2) is 74.0 Å². The summed E-state index contributed by atoms with van der Waals surface area (Å²) in [4.78, 5) is 7.12. The van der Waals surface area contributed by atoms with E-state index >= 15 is 0 Å². The maximum atomic E-state index is 5.69. The normalized spacial score (nSPS) is 25.3. The van der Waals surface area contributed by atoms with Gasteiger partial charge in [0.05, 0.1) is 25.9 Å². The van der Waals surface area contributed by atoms with Gasteiger partial charge in [0.15, 0.2) is 5.96 Å². The Balaban J connectivity index is 0.00000264. The van der Waals surface area contributed by atoms with Gasteiger partial charge in [-0.05, 0) is 26.2 Å². The first kappa shape index (κ1) is 21.3. The lowest BCUT2D eigenvalue weighted by Gasteiger charge is -2.34. The van der Waals surface area contributed by atoms with Crippen molar-refractivity contribution in [2.45, 2.75) is 44.5 Å². The summed E-state index contributed by atoms with van der Waals surface area (Å²) in [5, 5.41) is 4.15. The molecule has 0 bridgehead atoms. The minimum Gasteiger partial charge on any atom is -0.377 e. The lowest BCUT2D eigenvalue weighted by Crippen LogP contribution is -2.48. The van der Waals surface area contributed by atoms with E-state index in [1.165, 1.54) is 18.6 Å². The highest BCUT2D eigenvalue weighted by molar-refractivity contribution is 14.0. The van der Waals surface area contributed by atoms with E-state index in [9.17, 15) is 0 Å². The molecule has 0 aromatic carbocycles. The van der Waals surface area contributed by atoms with E-state index < -0.39 is 0 Å². The average molecular weight is 457 g/mol. The number of rotatable bonds is 7. The first-order valence-electron chi connectivity index (χ1n) is 8.67. The summed E-state index contributed by atoms with van der Waals surface area (Å²) in [6.07, 6.45) is 3.84. The van der Waals surface area contributed by atoms with Gasteiger partial charge in [0.2, 0.25) is 0 Å². The van der Waals surface area contributed by atoms with Crippen molar-refractivity contribution in [2.75, 3.05) is 51.8 Å². The molecular weight excluding hydrogens is 425 g/mol. The van der Waals surface area contributed by atoms with E-state index in [0.29, 0.717) is 19.3 Å². The molecule has 136 valence electrons. The van der Waals surface area contributed by atoms with Crippen LogP contribution < -0.4 is 5.32 Å². The summed E-state index contributed by atoms with van der Waals surface area (Å²) in [6, 6.07) is 0. The predicted molar refractivity (Wildman–Crippen MR) is 109 cm³/mol. The average Bonchev–Trinajstić information content (AvgIpc) is 3.07. The molecule has 2 aliphatic rings. The molecule has 2 fully saturated rings. The Morgan fingerprint density at radius 2 is 2.30 bits per heavy atom. The van der Waals surface area contributed by atoms with E-state index in [0.717, 1.165) is 50.4 Å². The molecule has 23 heavy (non-hydrogen) atoms. The minimum atomic E-state index is 0. The second kappa shape index (κ2) is 12.6. The lowest BCUT2D eigenvalue weighted by atomic mass is 10.2. The number of aliphatic imine (C=N–C) groups is 1. The number of hydrogen-bond acceptors (Lipinski definition) is 4. The molecule has 5 nitrogen and oxygen atoms in total. The summed E-state index contributed by atoms with van der Waals surface area (Å²) in [5.74, 6) is 2.24. The molecule has 0 aliphatic carbocycles. The van der Waals surface area contributed by atoms with Crippen LogP contribution in [0.5, 0.6) is 0 Å². The van der Waals surface area contributed by atoms with Gasteiger partial charge in [-0.25, -0.2) is 0 Å². The maximum Gasteiger partial charge on any atom is 0.194 e. The molecule has 0 aromatic rings. The molecule has 0 saturated carbocycles. The van der Waals surface area contributed by atoms with Gasteiger partial charge in [-0.3, -0.25) is 4.99 Å². The number of hydrogen-bond donors (Lipinski definition) is 1. The second-order valence-corrected chi connectivity index (χ2v) is 7.20. The van der Waals surface area contributed by atoms with Gasteiger partial charge in [-0.15, -0.1) is 24.0 Å². The largest absolute Gasteiger partial charge is 0.377 e. The van der Waals surface area contributed by atoms with Gasteiger partial charge in [0, 0.05) is 37.2 Å². The lowest BCUT2D eigenvalue weighted by molar-refractivity contribution is 0.0199. The number of nitrogens with one attached hydrogen (secondary N) is 1. The van der Waals surface area contributed by atoms with E-state index in [1.807, 2.05) is 0 Å². The number of nitrogens with zero attached hydrogens (tertiary/aromatic N) is 2. The number of guanidine groups is 1. The van der Waals surface area contributed by atoms with Crippen LogP contribution in [0.25, 0.3) is 0 Å². The minimum absolute atomic E-state index is 0. The van der Waals surface area contributed by atoms with Crippen molar-refractivity contribution in [3.8, 4) is 0 Å². The second-order valence-electron chi connectivity index (χ2n) is 5.79.